The van der Waals surface area contributed by atoms with E-state index in [9.17, 15) is 0 Å². The maximum Gasteiger partial charge on any atom is 2.00 e. The van der Waals surface area contributed by atoms with Crippen LogP contribution in [0, 0.1) is 0 Å². The van der Waals surface area contributed by atoms with Crippen LogP contribution in [0.1, 0.15) is 12.5 Å². The molecule has 0 aliphatic rings. The van der Waals surface area contributed by atoms with Gasteiger partial charge in [-0.3, -0.25) is 0 Å². The summed E-state index contributed by atoms with van der Waals surface area (Å²) in [5.74, 6) is 0. The molecule has 0 aliphatic carbocycles. The third kappa shape index (κ3) is 10.8. The zero-order chi connectivity index (χ0) is 7.82. The minimum absolute atomic E-state index is 0. The summed E-state index contributed by atoms with van der Waals surface area (Å²) in [5.41, 5.74) is 1.43. The molecule has 0 heterocycles. The average Bonchev–Trinajstić information content (AvgIpc) is 2.39. The van der Waals surface area contributed by atoms with Crippen LogP contribution < -0.4 is 0 Å². The molecule has 0 aromatic heterocycles. The van der Waals surface area contributed by atoms with Crippen molar-refractivity contribution >= 4 is 0 Å². The SMILES string of the molecule is CC[c-]1cccc1.C[N-]C.[Ru].[Zr+2]. The molecule has 0 bridgehead atoms. The van der Waals surface area contributed by atoms with Crippen LogP contribution in [0.25, 0.3) is 5.32 Å². The standard InChI is InChI=1S/C7H9.C2H6N.Ru.Zr/c1-2-7-5-3-4-6-7;1-3-2;;/h3-6H,2H2,1H3;1-2H3;;/q2*-1;;+2. The Morgan fingerprint density at radius 2 is 1.50 bits per heavy atom. The van der Waals surface area contributed by atoms with Gasteiger partial charge in [0.2, 0.25) is 0 Å². The Kier molecular flexibility index (Phi) is 22.2. The monoisotopic (exact) mass is 329 g/mol. The van der Waals surface area contributed by atoms with Gasteiger partial charge in [-0.15, -0.1) is 0 Å². The van der Waals surface area contributed by atoms with Crippen LogP contribution in [-0.2, 0) is 52.1 Å². The first-order valence-corrected chi connectivity index (χ1v) is 3.53. The summed E-state index contributed by atoms with van der Waals surface area (Å²) in [4.78, 5) is 0. The van der Waals surface area contributed by atoms with Crippen molar-refractivity contribution in [2.24, 2.45) is 0 Å². The second kappa shape index (κ2) is 14.3. The van der Waals surface area contributed by atoms with Crippen molar-refractivity contribution in [3.63, 3.8) is 0 Å². The van der Waals surface area contributed by atoms with E-state index in [1.807, 2.05) is 0 Å². The van der Waals surface area contributed by atoms with E-state index < -0.39 is 0 Å². The number of rotatable bonds is 1. The molecule has 0 radical (unpaired) electrons. The van der Waals surface area contributed by atoms with Gasteiger partial charge in [0.05, 0.1) is 0 Å². The van der Waals surface area contributed by atoms with E-state index in [4.69, 9.17) is 0 Å². The van der Waals surface area contributed by atoms with E-state index >= 15 is 0 Å². The Hall–Kier alpha value is 0.816. The minimum atomic E-state index is 0. The van der Waals surface area contributed by atoms with Crippen LogP contribution in [0.4, 0.5) is 0 Å². The van der Waals surface area contributed by atoms with Crippen LogP contribution >= 0.6 is 0 Å². The first-order chi connectivity index (χ1) is 4.85. The van der Waals surface area contributed by atoms with E-state index in [1.54, 1.807) is 14.1 Å². The summed E-state index contributed by atoms with van der Waals surface area (Å²) in [5, 5.41) is 3.50. The van der Waals surface area contributed by atoms with Gasteiger partial charge in [-0.05, 0) is 0 Å². The van der Waals surface area contributed by atoms with Gasteiger partial charge in [0.15, 0.2) is 0 Å². The van der Waals surface area contributed by atoms with Crippen molar-refractivity contribution in [2.75, 3.05) is 14.1 Å². The van der Waals surface area contributed by atoms with Crippen LogP contribution in [0.15, 0.2) is 24.3 Å². The number of nitrogens with zero attached hydrogens (tertiary/aromatic N) is 1. The molecule has 1 aromatic carbocycles. The minimum Gasteiger partial charge on any atom is -0.668 e. The summed E-state index contributed by atoms with van der Waals surface area (Å²) >= 11 is 0. The van der Waals surface area contributed by atoms with Crippen LogP contribution in [0.3, 0.4) is 0 Å². The van der Waals surface area contributed by atoms with Crippen molar-refractivity contribution in [3.8, 4) is 0 Å². The maximum absolute atomic E-state index is 3.50. The van der Waals surface area contributed by atoms with E-state index in [2.05, 4.69) is 36.5 Å². The topological polar surface area (TPSA) is 14.1 Å². The Balaban J connectivity index is -0.000000146. The Labute approximate surface area is 108 Å². The Morgan fingerprint density at radius 1 is 1.17 bits per heavy atom. The Bertz CT molecular complexity index is 140. The third-order valence-corrected chi connectivity index (χ3v) is 1.14. The summed E-state index contributed by atoms with van der Waals surface area (Å²) in [6.45, 7) is 2.16. The van der Waals surface area contributed by atoms with Gasteiger partial charge in [-0.25, -0.2) is 12.1 Å². The van der Waals surface area contributed by atoms with Crippen LogP contribution in [0.2, 0.25) is 0 Å². The fourth-order valence-corrected chi connectivity index (χ4v) is 0.650. The van der Waals surface area contributed by atoms with E-state index in [-0.39, 0.29) is 45.7 Å². The largest absolute Gasteiger partial charge is 2.00 e. The molecule has 3 heteroatoms. The molecule has 0 saturated carbocycles. The number of hydrogen-bond donors (Lipinski definition) is 0. The zero-order valence-corrected chi connectivity index (χ0v) is 12.0. The predicted molar refractivity (Wildman–Crippen MR) is 46.6 cm³/mol. The van der Waals surface area contributed by atoms with Gasteiger partial charge in [0.1, 0.15) is 0 Å². The van der Waals surface area contributed by atoms with E-state index in [1.165, 1.54) is 5.56 Å². The van der Waals surface area contributed by atoms with Crippen LogP contribution in [-0.4, -0.2) is 14.1 Å². The molecule has 0 unspecified atom stereocenters. The molecule has 0 fully saturated rings. The molecule has 0 aliphatic heterocycles. The molecule has 12 heavy (non-hydrogen) atoms. The second-order valence-corrected chi connectivity index (χ2v) is 2.09. The molecule has 0 N–H and O–H groups in total. The maximum atomic E-state index is 3.50. The summed E-state index contributed by atoms with van der Waals surface area (Å²) < 4.78 is 0. The third-order valence-electron chi connectivity index (χ3n) is 1.14. The summed E-state index contributed by atoms with van der Waals surface area (Å²) in [7, 11) is 3.50. The van der Waals surface area contributed by atoms with Crippen molar-refractivity contribution in [1.82, 2.24) is 0 Å². The van der Waals surface area contributed by atoms with Crippen molar-refractivity contribution < 1.29 is 45.7 Å². The first-order valence-electron chi connectivity index (χ1n) is 3.53. The molecule has 1 aromatic rings. The molecule has 0 spiro atoms. The van der Waals surface area contributed by atoms with Gasteiger partial charge >= 0.3 is 26.2 Å². The van der Waals surface area contributed by atoms with Crippen molar-refractivity contribution in [3.05, 3.63) is 35.1 Å². The van der Waals surface area contributed by atoms with E-state index in [0.29, 0.717) is 0 Å². The first kappa shape index (κ1) is 18.6. The van der Waals surface area contributed by atoms with E-state index in [0.717, 1.165) is 6.42 Å². The summed E-state index contributed by atoms with van der Waals surface area (Å²) in [6, 6.07) is 8.41. The molecular formula is C9H15NRuZr. The van der Waals surface area contributed by atoms with Crippen molar-refractivity contribution in [2.45, 2.75) is 13.3 Å². The molecule has 0 amide bonds. The second-order valence-electron chi connectivity index (χ2n) is 2.09. The molecule has 68 valence electrons. The molecule has 1 rings (SSSR count). The molecule has 0 saturated heterocycles. The number of hydrogen-bond acceptors (Lipinski definition) is 0. The quantitative estimate of drug-likeness (QED) is 0.555. The smallest absolute Gasteiger partial charge is 0.668 e. The van der Waals surface area contributed by atoms with Crippen LogP contribution in [0.5, 0.6) is 0 Å². The van der Waals surface area contributed by atoms with Gasteiger partial charge in [0, 0.05) is 19.5 Å². The van der Waals surface area contributed by atoms with Gasteiger partial charge in [0.25, 0.3) is 0 Å². The fourth-order valence-electron chi connectivity index (χ4n) is 0.650. The Morgan fingerprint density at radius 3 is 1.67 bits per heavy atom. The molecule has 0 atom stereocenters. The average molecular weight is 330 g/mol. The van der Waals surface area contributed by atoms with Gasteiger partial charge in [-0.2, -0.15) is 31.8 Å². The van der Waals surface area contributed by atoms with Crippen molar-refractivity contribution in [1.29, 1.82) is 0 Å². The zero-order valence-electron chi connectivity index (χ0n) is 7.82. The van der Waals surface area contributed by atoms with Gasteiger partial charge in [-0.1, -0.05) is 13.3 Å². The normalized spacial score (nSPS) is 6.92. The fraction of sp³-hybridized carbons (Fsp3) is 0.444. The van der Waals surface area contributed by atoms with Gasteiger partial charge < -0.3 is 5.32 Å². The molecule has 1 nitrogen and oxygen atoms in total. The summed E-state index contributed by atoms with van der Waals surface area (Å²) in [6.07, 6.45) is 1.16. The number of aryl methyl sites for hydroxylation is 1. The molecular weight excluding hydrogens is 314 g/mol. The predicted octanol–water partition coefficient (Wildman–Crippen LogP) is 2.58.